The number of nitrogens with two attached hydrogens (primary N) is 1. The van der Waals surface area contributed by atoms with Crippen LogP contribution in [0.3, 0.4) is 0 Å². The molecule has 1 aromatic carbocycles. The summed E-state index contributed by atoms with van der Waals surface area (Å²) in [5.41, 5.74) is 5.69. The third kappa shape index (κ3) is 6.95. The van der Waals surface area contributed by atoms with Gasteiger partial charge in [0.2, 0.25) is 0 Å². The van der Waals surface area contributed by atoms with Crippen molar-refractivity contribution in [3.8, 4) is 17.2 Å². The highest BCUT2D eigenvalue weighted by Gasteiger charge is 2.18. The number of carbonyl (C=O) groups is 1. The lowest BCUT2D eigenvalue weighted by atomic mass is 10.2. The van der Waals surface area contributed by atoms with Gasteiger partial charge in [-0.3, -0.25) is 0 Å². The van der Waals surface area contributed by atoms with Crippen LogP contribution in [0.25, 0.3) is 0 Å². The van der Waals surface area contributed by atoms with Crippen LogP contribution >= 0.6 is 0 Å². The molecule has 0 fully saturated rings. The summed E-state index contributed by atoms with van der Waals surface area (Å²) >= 11 is 0. The van der Waals surface area contributed by atoms with Crippen molar-refractivity contribution in [3.05, 3.63) is 12.1 Å². The maximum absolute atomic E-state index is 11.8. The number of rotatable bonds is 9. The second-order valence-corrected chi connectivity index (χ2v) is 5.96. The summed E-state index contributed by atoms with van der Waals surface area (Å²) in [6, 6.07) is 3.17. The van der Waals surface area contributed by atoms with Crippen molar-refractivity contribution >= 4 is 11.7 Å². The molecule has 136 valence electrons. The second-order valence-electron chi connectivity index (χ2n) is 5.96. The van der Waals surface area contributed by atoms with Crippen LogP contribution in [0, 0.1) is 0 Å². The Hall–Kier alpha value is -2.15. The van der Waals surface area contributed by atoms with Gasteiger partial charge in [0.15, 0.2) is 18.1 Å². The molecule has 0 atom stereocenters. The molecule has 1 aromatic rings. The number of esters is 1. The van der Waals surface area contributed by atoms with Gasteiger partial charge in [0.05, 0.1) is 19.4 Å². The van der Waals surface area contributed by atoms with E-state index in [0.29, 0.717) is 42.8 Å². The summed E-state index contributed by atoms with van der Waals surface area (Å²) in [5.74, 6) is 0.753. The zero-order valence-corrected chi connectivity index (χ0v) is 15.0. The molecule has 1 rings (SSSR count). The molecule has 24 heavy (non-hydrogen) atoms. The first kappa shape index (κ1) is 19.9. The molecular weight excluding hydrogens is 314 g/mol. The Morgan fingerprint density at radius 2 is 1.75 bits per heavy atom. The van der Waals surface area contributed by atoms with E-state index in [1.807, 2.05) is 6.92 Å². The number of anilines is 1. The first-order valence-electron chi connectivity index (χ1n) is 7.79. The maximum atomic E-state index is 11.8. The van der Waals surface area contributed by atoms with Gasteiger partial charge in [-0.2, -0.15) is 0 Å². The fraction of sp³-hybridized carbons (Fsp3) is 0.588. The lowest BCUT2D eigenvalue weighted by Gasteiger charge is -2.20. The molecule has 0 bridgehead atoms. The number of carbonyl (C=O) groups excluding carboxylic acids is 1. The van der Waals surface area contributed by atoms with Crippen LogP contribution in [-0.4, -0.2) is 45.1 Å². The number of nitrogen functional groups attached to an aromatic ring is 1. The highest BCUT2D eigenvalue weighted by atomic mass is 16.6. The molecular formula is C17H27NO6. The first-order valence-corrected chi connectivity index (χ1v) is 7.79. The van der Waals surface area contributed by atoms with Crippen molar-refractivity contribution in [1.82, 2.24) is 0 Å². The molecule has 7 heteroatoms. The van der Waals surface area contributed by atoms with E-state index in [9.17, 15) is 4.79 Å². The molecule has 7 nitrogen and oxygen atoms in total. The molecule has 0 aliphatic heterocycles. The highest BCUT2D eigenvalue weighted by Crippen LogP contribution is 2.36. The minimum atomic E-state index is -0.573. The van der Waals surface area contributed by atoms with Gasteiger partial charge < -0.3 is 29.4 Å². The molecule has 0 saturated heterocycles. The Bertz CT molecular complexity index is 539. The van der Waals surface area contributed by atoms with E-state index < -0.39 is 11.6 Å². The van der Waals surface area contributed by atoms with Crippen LogP contribution < -0.4 is 19.9 Å². The molecule has 0 spiro atoms. The number of ether oxygens (including phenoxy) is 5. The molecule has 0 saturated carbocycles. The van der Waals surface area contributed by atoms with Crippen molar-refractivity contribution in [3.63, 3.8) is 0 Å². The van der Waals surface area contributed by atoms with E-state index >= 15 is 0 Å². The molecule has 0 heterocycles. The van der Waals surface area contributed by atoms with Crippen LogP contribution in [0.5, 0.6) is 17.2 Å². The molecule has 0 aliphatic rings. The van der Waals surface area contributed by atoms with Gasteiger partial charge in [-0.25, -0.2) is 4.79 Å². The number of hydrogen-bond acceptors (Lipinski definition) is 7. The Morgan fingerprint density at radius 3 is 2.33 bits per heavy atom. The fourth-order valence-corrected chi connectivity index (χ4v) is 1.82. The summed E-state index contributed by atoms with van der Waals surface area (Å²) in [6.07, 6.45) is 0. The second kappa shape index (κ2) is 9.22. The number of hydrogen-bond donors (Lipinski definition) is 1. The van der Waals surface area contributed by atoms with Crippen LogP contribution in [0.15, 0.2) is 12.1 Å². The lowest BCUT2D eigenvalue weighted by Crippen LogP contribution is -2.27. The van der Waals surface area contributed by atoms with E-state index in [1.165, 1.54) is 7.11 Å². The van der Waals surface area contributed by atoms with Gasteiger partial charge in [0.1, 0.15) is 18.0 Å². The van der Waals surface area contributed by atoms with E-state index in [2.05, 4.69) is 0 Å². The molecule has 0 amide bonds. The normalized spacial score (nSPS) is 11.0. The van der Waals surface area contributed by atoms with E-state index in [-0.39, 0.29) is 6.61 Å². The predicted molar refractivity (Wildman–Crippen MR) is 90.7 cm³/mol. The predicted octanol–water partition coefficient (Wildman–Crippen LogP) is 2.41. The van der Waals surface area contributed by atoms with Crippen LogP contribution in [0.1, 0.15) is 27.7 Å². The third-order valence-corrected chi connectivity index (χ3v) is 2.75. The van der Waals surface area contributed by atoms with Gasteiger partial charge in [-0.05, 0) is 27.7 Å². The van der Waals surface area contributed by atoms with Crippen molar-refractivity contribution in [2.45, 2.75) is 33.3 Å². The Labute approximate surface area is 143 Å². The minimum Gasteiger partial charge on any atom is -0.494 e. The summed E-state index contributed by atoms with van der Waals surface area (Å²) < 4.78 is 26.8. The molecule has 0 aliphatic carbocycles. The summed E-state index contributed by atoms with van der Waals surface area (Å²) in [4.78, 5) is 11.8. The van der Waals surface area contributed by atoms with Gasteiger partial charge >= 0.3 is 5.97 Å². The molecule has 0 aromatic heterocycles. The molecule has 2 N–H and O–H groups in total. The lowest BCUT2D eigenvalue weighted by molar-refractivity contribution is -0.157. The highest BCUT2D eigenvalue weighted by molar-refractivity contribution is 5.72. The SMILES string of the molecule is CCOCCOc1cc(OC)c(N)cc1OCC(=O)OC(C)(C)C. The average Bonchev–Trinajstić information content (AvgIpc) is 2.49. The monoisotopic (exact) mass is 341 g/mol. The number of benzene rings is 1. The third-order valence-electron chi connectivity index (χ3n) is 2.75. The van der Waals surface area contributed by atoms with Gasteiger partial charge in [0, 0.05) is 18.7 Å². The summed E-state index contributed by atoms with van der Waals surface area (Å²) in [5, 5.41) is 0. The van der Waals surface area contributed by atoms with E-state index in [1.54, 1.807) is 32.9 Å². The van der Waals surface area contributed by atoms with Crippen molar-refractivity contribution in [1.29, 1.82) is 0 Å². The smallest absolute Gasteiger partial charge is 0.344 e. The first-order chi connectivity index (χ1) is 11.3. The van der Waals surface area contributed by atoms with E-state index in [0.717, 1.165) is 0 Å². The number of methoxy groups -OCH3 is 1. The molecule has 0 radical (unpaired) electrons. The summed E-state index contributed by atoms with van der Waals surface area (Å²) in [7, 11) is 1.51. The summed E-state index contributed by atoms with van der Waals surface area (Å²) in [6.45, 7) is 8.41. The van der Waals surface area contributed by atoms with Gasteiger partial charge in [-0.1, -0.05) is 0 Å². The Kier molecular flexibility index (Phi) is 7.64. The minimum absolute atomic E-state index is 0.245. The quantitative estimate of drug-likeness (QED) is 0.419. The topological polar surface area (TPSA) is 89.2 Å². The van der Waals surface area contributed by atoms with Gasteiger partial charge in [0.25, 0.3) is 0 Å². The van der Waals surface area contributed by atoms with Crippen LogP contribution in [-0.2, 0) is 14.3 Å². The van der Waals surface area contributed by atoms with Crippen molar-refractivity contribution < 1.29 is 28.5 Å². The fourth-order valence-electron chi connectivity index (χ4n) is 1.82. The standard InChI is InChI=1S/C17H27NO6/c1-6-21-7-8-22-15-10-13(20-5)12(18)9-14(15)23-11-16(19)24-17(2,3)4/h9-10H,6-8,11,18H2,1-5H3. The van der Waals surface area contributed by atoms with Crippen LogP contribution in [0.4, 0.5) is 5.69 Å². The van der Waals surface area contributed by atoms with Crippen molar-refractivity contribution in [2.75, 3.05) is 39.3 Å². The Balaban J connectivity index is 2.79. The van der Waals surface area contributed by atoms with Gasteiger partial charge in [-0.15, -0.1) is 0 Å². The Morgan fingerprint density at radius 1 is 1.08 bits per heavy atom. The largest absolute Gasteiger partial charge is 0.494 e. The zero-order chi connectivity index (χ0) is 18.2. The molecule has 0 unspecified atom stereocenters. The maximum Gasteiger partial charge on any atom is 0.344 e. The van der Waals surface area contributed by atoms with E-state index in [4.69, 9.17) is 29.4 Å². The zero-order valence-electron chi connectivity index (χ0n) is 15.0. The average molecular weight is 341 g/mol. The van der Waals surface area contributed by atoms with Crippen molar-refractivity contribution in [2.24, 2.45) is 0 Å². The van der Waals surface area contributed by atoms with Crippen LogP contribution in [0.2, 0.25) is 0 Å².